The van der Waals surface area contributed by atoms with Crippen molar-refractivity contribution in [2.45, 2.75) is 0 Å². The van der Waals surface area contributed by atoms with Crippen LogP contribution < -0.4 is 4.72 Å². The average molecular weight is 498 g/mol. The van der Waals surface area contributed by atoms with Crippen molar-refractivity contribution < 1.29 is 30.8 Å². The third-order valence-electron chi connectivity index (χ3n) is 4.61. The van der Waals surface area contributed by atoms with Crippen molar-refractivity contribution in [3.8, 4) is 16.9 Å². The highest BCUT2D eigenvalue weighted by Crippen LogP contribution is 2.34. The molecule has 4 rings (SSSR count). The van der Waals surface area contributed by atoms with Crippen molar-refractivity contribution in [2.75, 3.05) is 6.26 Å². The van der Waals surface area contributed by atoms with Gasteiger partial charge in [0.2, 0.25) is 10.0 Å². The van der Waals surface area contributed by atoms with Gasteiger partial charge >= 0.3 is 0 Å². The fourth-order valence-corrected chi connectivity index (χ4v) is 3.94. The lowest BCUT2D eigenvalue weighted by Crippen LogP contribution is -2.30. The predicted octanol–water partition coefficient (Wildman–Crippen LogP) is 4.59. The Bertz CT molecular complexity index is 1550. The Hall–Kier alpha value is -3.44. The van der Waals surface area contributed by atoms with Crippen LogP contribution in [0.5, 0.6) is 0 Å². The molecule has 12 heteroatoms. The molecule has 0 atom stereocenters. The van der Waals surface area contributed by atoms with Gasteiger partial charge in [-0.1, -0.05) is 11.6 Å². The van der Waals surface area contributed by atoms with Gasteiger partial charge in [-0.15, -0.1) is 0 Å². The highest BCUT2D eigenvalue weighted by atomic mass is 35.5. The number of benzene rings is 3. The van der Waals surface area contributed by atoms with E-state index in [1.807, 2.05) is 0 Å². The van der Waals surface area contributed by atoms with Crippen LogP contribution in [0.25, 0.3) is 27.8 Å². The Morgan fingerprint density at radius 1 is 0.970 bits per heavy atom. The standard InChI is InChI=1S/C21H12ClF4N3O3S/c1-33(31,32)28-21(30)13-8-15(22)19(9-17(13)26)29-18-5-3-11(24)7-14(18)20(27-29)12-6-10(23)2-4-16(12)25/h2-9H,1H3,(H,28,30). The van der Waals surface area contributed by atoms with E-state index >= 15 is 0 Å². The smallest absolute Gasteiger partial charge is 0.267 e. The van der Waals surface area contributed by atoms with Gasteiger partial charge in [-0.05, 0) is 42.5 Å². The molecule has 0 unspecified atom stereocenters. The summed E-state index contributed by atoms with van der Waals surface area (Å²) >= 11 is 6.23. The van der Waals surface area contributed by atoms with Gasteiger partial charge in [-0.25, -0.2) is 35.4 Å². The lowest BCUT2D eigenvalue weighted by atomic mass is 10.1. The van der Waals surface area contributed by atoms with Crippen molar-refractivity contribution in [1.82, 2.24) is 14.5 Å². The summed E-state index contributed by atoms with van der Waals surface area (Å²) in [5, 5.41) is 4.08. The number of halogens is 5. The van der Waals surface area contributed by atoms with Gasteiger partial charge in [-0.2, -0.15) is 5.10 Å². The molecule has 0 aliphatic rings. The highest BCUT2D eigenvalue weighted by molar-refractivity contribution is 7.89. The lowest BCUT2D eigenvalue weighted by molar-refractivity contribution is 0.0978. The van der Waals surface area contributed by atoms with Crippen LogP contribution >= 0.6 is 11.6 Å². The Labute approximate surface area is 189 Å². The van der Waals surface area contributed by atoms with Crippen LogP contribution in [0.15, 0.2) is 48.5 Å². The zero-order valence-corrected chi connectivity index (χ0v) is 18.1. The largest absolute Gasteiger partial charge is 0.268 e. The molecule has 1 aromatic heterocycles. The second kappa shape index (κ2) is 8.16. The van der Waals surface area contributed by atoms with Crippen LogP contribution in [-0.4, -0.2) is 30.4 Å². The number of amides is 1. The number of hydrogen-bond acceptors (Lipinski definition) is 4. The Kier molecular flexibility index (Phi) is 5.62. The van der Waals surface area contributed by atoms with Crippen LogP contribution in [0.4, 0.5) is 17.6 Å². The fourth-order valence-electron chi connectivity index (χ4n) is 3.25. The van der Waals surface area contributed by atoms with Gasteiger partial charge in [-0.3, -0.25) is 4.79 Å². The molecule has 3 aromatic carbocycles. The summed E-state index contributed by atoms with van der Waals surface area (Å²) in [5.41, 5.74) is -0.954. The van der Waals surface area contributed by atoms with Gasteiger partial charge < -0.3 is 0 Å². The molecule has 0 fully saturated rings. The molecule has 33 heavy (non-hydrogen) atoms. The molecule has 1 heterocycles. The quantitative estimate of drug-likeness (QED) is 0.418. The summed E-state index contributed by atoms with van der Waals surface area (Å²) in [7, 11) is -3.96. The number of carbonyl (C=O) groups excluding carboxylic acids is 1. The molecule has 1 N–H and O–H groups in total. The first kappa shape index (κ1) is 22.7. The van der Waals surface area contributed by atoms with Crippen LogP contribution in [-0.2, 0) is 10.0 Å². The summed E-state index contributed by atoms with van der Waals surface area (Å²) in [5.74, 6) is -4.61. The van der Waals surface area contributed by atoms with E-state index in [0.29, 0.717) is 0 Å². The number of nitrogens with zero attached hydrogens (tertiary/aromatic N) is 2. The number of rotatable bonds is 4. The van der Waals surface area contributed by atoms with E-state index in [1.54, 1.807) is 4.72 Å². The topological polar surface area (TPSA) is 81.1 Å². The van der Waals surface area contributed by atoms with E-state index in [4.69, 9.17) is 11.6 Å². The van der Waals surface area contributed by atoms with Crippen LogP contribution in [0.1, 0.15) is 10.4 Å². The molecule has 0 saturated carbocycles. The summed E-state index contributed by atoms with van der Waals surface area (Å²) in [6, 6.07) is 7.82. The third-order valence-corrected chi connectivity index (χ3v) is 5.47. The van der Waals surface area contributed by atoms with E-state index in [9.17, 15) is 30.8 Å². The molecular formula is C21H12ClF4N3O3S. The number of carbonyl (C=O) groups is 1. The van der Waals surface area contributed by atoms with E-state index in [0.717, 1.165) is 53.4 Å². The number of aromatic nitrogens is 2. The van der Waals surface area contributed by atoms with Gasteiger partial charge in [0.1, 0.15) is 29.0 Å². The summed E-state index contributed by atoms with van der Waals surface area (Å²) in [4.78, 5) is 12.1. The lowest BCUT2D eigenvalue weighted by Gasteiger charge is -2.10. The van der Waals surface area contributed by atoms with Crippen molar-refractivity contribution in [1.29, 1.82) is 0 Å². The number of hydrogen-bond donors (Lipinski definition) is 1. The van der Waals surface area contributed by atoms with Crippen LogP contribution in [0.2, 0.25) is 5.02 Å². The van der Waals surface area contributed by atoms with Crippen molar-refractivity contribution in [3.05, 3.63) is 82.4 Å². The van der Waals surface area contributed by atoms with E-state index in [-0.39, 0.29) is 32.9 Å². The monoisotopic (exact) mass is 497 g/mol. The molecule has 4 aromatic rings. The zero-order valence-electron chi connectivity index (χ0n) is 16.5. The molecule has 170 valence electrons. The second-order valence-electron chi connectivity index (χ2n) is 7.03. The molecule has 6 nitrogen and oxygen atoms in total. The number of fused-ring (bicyclic) bond motifs is 1. The summed E-state index contributed by atoms with van der Waals surface area (Å²) in [6.45, 7) is 0. The van der Waals surface area contributed by atoms with Crippen LogP contribution in [0.3, 0.4) is 0 Å². The first-order chi connectivity index (χ1) is 15.4. The Balaban J connectivity index is 1.93. The number of sulfonamides is 1. The molecule has 0 saturated heterocycles. The van der Waals surface area contributed by atoms with Crippen LogP contribution in [0, 0.1) is 23.3 Å². The normalized spacial score (nSPS) is 11.7. The van der Waals surface area contributed by atoms with Crippen molar-refractivity contribution in [2.24, 2.45) is 0 Å². The molecule has 0 aliphatic carbocycles. The highest BCUT2D eigenvalue weighted by Gasteiger charge is 2.22. The molecule has 0 radical (unpaired) electrons. The van der Waals surface area contributed by atoms with Gasteiger partial charge in [0.25, 0.3) is 5.91 Å². The minimum atomic E-state index is -3.96. The SMILES string of the molecule is CS(=O)(=O)NC(=O)c1cc(Cl)c(-n2nc(-c3cc(F)ccc3F)c3cc(F)ccc32)cc1F. The minimum absolute atomic E-state index is 0.0925. The Morgan fingerprint density at radius 2 is 1.64 bits per heavy atom. The minimum Gasteiger partial charge on any atom is -0.268 e. The average Bonchev–Trinajstić information content (AvgIpc) is 3.08. The molecule has 0 aliphatic heterocycles. The zero-order chi connectivity index (χ0) is 24.1. The first-order valence-electron chi connectivity index (χ1n) is 9.10. The van der Waals surface area contributed by atoms with E-state index in [1.165, 1.54) is 6.07 Å². The summed E-state index contributed by atoms with van der Waals surface area (Å²) in [6.07, 6.45) is 0.723. The van der Waals surface area contributed by atoms with E-state index < -0.39 is 44.8 Å². The van der Waals surface area contributed by atoms with Crippen molar-refractivity contribution in [3.63, 3.8) is 0 Å². The van der Waals surface area contributed by atoms with Crippen molar-refractivity contribution >= 4 is 38.4 Å². The maximum Gasteiger partial charge on any atom is 0.267 e. The fraction of sp³-hybridized carbons (Fsp3) is 0.0476. The maximum absolute atomic E-state index is 14.7. The van der Waals surface area contributed by atoms with Gasteiger partial charge in [0.05, 0.1) is 28.0 Å². The molecule has 0 spiro atoms. The molecule has 1 amide bonds. The third kappa shape index (κ3) is 4.41. The first-order valence-corrected chi connectivity index (χ1v) is 11.4. The number of nitrogens with one attached hydrogen (secondary N) is 1. The summed E-state index contributed by atoms with van der Waals surface area (Å²) < 4.78 is 82.1. The predicted molar refractivity (Wildman–Crippen MR) is 114 cm³/mol. The maximum atomic E-state index is 14.7. The Morgan fingerprint density at radius 3 is 2.33 bits per heavy atom. The van der Waals surface area contributed by atoms with Gasteiger partial charge in [0, 0.05) is 17.0 Å². The molecule has 0 bridgehead atoms. The molecular weight excluding hydrogens is 486 g/mol. The second-order valence-corrected chi connectivity index (χ2v) is 9.19. The van der Waals surface area contributed by atoms with Gasteiger partial charge in [0.15, 0.2) is 0 Å². The van der Waals surface area contributed by atoms with E-state index in [2.05, 4.69) is 5.10 Å².